The molecular formula is C15H25N3O2. The van der Waals surface area contributed by atoms with E-state index in [4.69, 9.17) is 0 Å². The summed E-state index contributed by atoms with van der Waals surface area (Å²) in [7, 11) is 2.13. The lowest BCUT2D eigenvalue weighted by molar-refractivity contribution is 0.170. The molecule has 5 nitrogen and oxygen atoms in total. The number of rotatable bonds is 5. The smallest absolute Gasteiger partial charge is 0.303 e. The quantitative estimate of drug-likeness (QED) is 0.816. The van der Waals surface area contributed by atoms with Crippen molar-refractivity contribution in [2.75, 3.05) is 13.6 Å². The van der Waals surface area contributed by atoms with Crippen LogP contribution in [0.4, 0.5) is 0 Å². The first-order valence-electron chi connectivity index (χ1n) is 7.64. The highest BCUT2D eigenvalue weighted by Gasteiger charge is 2.19. The molecule has 1 unspecified atom stereocenters. The van der Waals surface area contributed by atoms with Crippen molar-refractivity contribution >= 4 is 0 Å². The Balaban J connectivity index is 2.10. The van der Waals surface area contributed by atoms with Crippen molar-refractivity contribution in [1.29, 1.82) is 0 Å². The first-order chi connectivity index (χ1) is 9.63. The van der Waals surface area contributed by atoms with Gasteiger partial charge in [0.1, 0.15) is 0 Å². The van der Waals surface area contributed by atoms with Gasteiger partial charge in [0.05, 0.1) is 0 Å². The predicted octanol–water partition coefficient (Wildman–Crippen LogP) is 1.29. The van der Waals surface area contributed by atoms with E-state index in [0.29, 0.717) is 19.1 Å². The number of piperidine rings is 1. The SMILES string of the molecule is CCCn1ccc(=O)n(CCC2CCCCN2C)c1=O. The summed E-state index contributed by atoms with van der Waals surface area (Å²) < 4.78 is 3.02. The third-order valence-electron chi connectivity index (χ3n) is 4.21. The average Bonchev–Trinajstić information content (AvgIpc) is 2.44. The van der Waals surface area contributed by atoms with Crippen LogP contribution in [0, 0.1) is 0 Å². The van der Waals surface area contributed by atoms with E-state index in [0.717, 1.165) is 19.4 Å². The van der Waals surface area contributed by atoms with Crippen LogP contribution >= 0.6 is 0 Å². The second-order valence-electron chi connectivity index (χ2n) is 5.70. The van der Waals surface area contributed by atoms with E-state index in [1.807, 2.05) is 6.92 Å². The van der Waals surface area contributed by atoms with Crippen LogP contribution in [0.2, 0.25) is 0 Å². The van der Waals surface area contributed by atoms with E-state index in [-0.39, 0.29) is 11.2 Å². The molecule has 0 aliphatic carbocycles. The zero-order chi connectivity index (χ0) is 14.5. The number of likely N-dealkylation sites (tertiary alicyclic amines) is 1. The molecule has 0 aromatic carbocycles. The molecule has 0 N–H and O–H groups in total. The molecular weight excluding hydrogens is 254 g/mol. The lowest BCUT2D eigenvalue weighted by atomic mass is 10.0. The van der Waals surface area contributed by atoms with Gasteiger partial charge in [-0.1, -0.05) is 13.3 Å². The highest BCUT2D eigenvalue weighted by Crippen LogP contribution is 2.17. The number of nitrogens with zero attached hydrogens (tertiary/aromatic N) is 3. The fourth-order valence-electron chi connectivity index (χ4n) is 2.96. The molecule has 1 saturated heterocycles. The minimum Gasteiger partial charge on any atom is -0.303 e. The Hall–Kier alpha value is -1.36. The van der Waals surface area contributed by atoms with Gasteiger partial charge in [0.2, 0.25) is 0 Å². The molecule has 20 heavy (non-hydrogen) atoms. The van der Waals surface area contributed by atoms with Crippen molar-refractivity contribution in [3.05, 3.63) is 33.1 Å². The second-order valence-corrected chi connectivity index (χ2v) is 5.70. The highest BCUT2D eigenvalue weighted by molar-refractivity contribution is 4.87. The van der Waals surface area contributed by atoms with Gasteiger partial charge in [-0.05, 0) is 39.3 Å². The summed E-state index contributed by atoms with van der Waals surface area (Å²) in [5.74, 6) is 0. The van der Waals surface area contributed by atoms with Crippen molar-refractivity contribution in [3.8, 4) is 0 Å². The summed E-state index contributed by atoms with van der Waals surface area (Å²) in [6.45, 7) is 4.34. The van der Waals surface area contributed by atoms with Crippen molar-refractivity contribution in [3.63, 3.8) is 0 Å². The monoisotopic (exact) mass is 279 g/mol. The third-order valence-corrected chi connectivity index (χ3v) is 4.21. The van der Waals surface area contributed by atoms with Gasteiger partial charge < -0.3 is 9.47 Å². The molecule has 0 bridgehead atoms. The van der Waals surface area contributed by atoms with Gasteiger partial charge in [-0.2, -0.15) is 0 Å². The zero-order valence-electron chi connectivity index (χ0n) is 12.5. The van der Waals surface area contributed by atoms with Crippen LogP contribution < -0.4 is 11.2 Å². The summed E-state index contributed by atoms with van der Waals surface area (Å²) in [5, 5.41) is 0. The molecule has 1 aliphatic heterocycles. The maximum Gasteiger partial charge on any atom is 0.330 e. The normalized spacial score (nSPS) is 20.2. The number of aromatic nitrogens is 2. The van der Waals surface area contributed by atoms with Crippen molar-refractivity contribution in [1.82, 2.24) is 14.0 Å². The molecule has 2 heterocycles. The molecule has 0 saturated carbocycles. The maximum absolute atomic E-state index is 12.2. The number of hydrogen-bond acceptors (Lipinski definition) is 3. The van der Waals surface area contributed by atoms with Gasteiger partial charge in [0.25, 0.3) is 5.56 Å². The molecule has 1 fully saturated rings. The molecule has 1 aliphatic rings. The summed E-state index contributed by atoms with van der Waals surface area (Å²) >= 11 is 0. The van der Waals surface area contributed by atoms with E-state index >= 15 is 0 Å². The lowest BCUT2D eigenvalue weighted by Crippen LogP contribution is -2.42. The van der Waals surface area contributed by atoms with E-state index in [9.17, 15) is 9.59 Å². The van der Waals surface area contributed by atoms with E-state index in [1.54, 1.807) is 10.8 Å². The summed E-state index contributed by atoms with van der Waals surface area (Å²) in [6, 6.07) is 2.00. The predicted molar refractivity (Wildman–Crippen MR) is 80.1 cm³/mol. The minimum absolute atomic E-state index is 0.169. The Morgan fingerprint density at radius 2 is 2.05 bits per heavy atom. The molecule has 0 radical (unpaired) electrons. The summed E-state index contributed by atoms with van der Waals surface area (Å²) in [4.78, 5) is 26.5. The Morgan fingerprint density at radius 3 is 2.75 bits per heavy atom. The Bertz CT molecular complexity index is 547. The summed E-state index contributed by atoms with van der Waals surface area (Å²) in [5.41, 5.74) is -0.348. The van der Waals surface area contributed by atoms with Gasteiger partial charge in [0.15, 0.2) is 0 Å². The van der Waals surface area contributed by atoms with Crippen LogP contribution in [0.5, 0.6) is 0 Å². The van der Waals surface area contributed by atoms with Crippen LogP contribution in [0.3, 0.4) is 0 Å². The largest absolute Gasteiger partial charge is 0.330 e. The third kappa shape index (κ3) is 3.39. The van der Waals surface area contributed by atoms with Gasteiger partial charge in [0, 0.05) is 31.4 Å². The lowest BCUT2D eigenvalue weighted by Gasteiger charge is -2.32. The van der Waals surface area contributed by atoms with E-state index in [2.05, 4.69) is 11.9 Å². The van der Waals surface area contributed by atoms with Crippen LogP contribution in [0.15, 0.2) is 21.9 Å². The van der Waals surface area contributed by atoms with Gasteiger partial charge in [-0.25, -0.2) is 4.79 Å². The molecule has 5 heteroatoms. The molecule has 112 valence electrons. The highest BCUT2D eigenvalue weighted by atomic mass is 16.2. The van der Waals surface area contributed by atoms with Gasteiger partial charge in [-0.3, -0.25) is 9.36 Å². The van der Waals surface area contributed by atoms with Crippen LogP contribution in [0.1, 0.15) is 39.0 Å². The fraction of sp³-hybridized carbons (Fsp3) is 0.733. The molecule has 2 rings (SSSR count). The topological polar surface area (TPSA) is 47.2 Å². The average molecular weight is 279 g/mol. The Labute approximate surface area is 119 Å². The second kappa shape index (κ2) is 6.88. The number of hydrogen-bond donors (Lipinski definition) is 0. The van der Waals surface area contributed by atoms with Crippen LogP contribution in [0.25, 0.3) is 0 Å². The first kappa shape index (κ1) is 15.0. The van der Waals surface area contributed by atoms with Crippen molar-refractivity contribution in [2.45, 2.75) is 58.2 Å². The van der Waals surface area contributed by atoms with Gasteiger partial charge >= 0.3 is 5.69 Å². The standard InChI is InChI=1S/C15H25N3O2/c1-3-9-17-11-8-14(19)18(15(17)20)12-7-13-6-4-5-10-16(13)2/h8,11,13H,3-7,9-10,12H2,1-2H3. The first-order valence-corrected chi connectivity index (χ1v) is 7.64. The molecule has 1 aromatic heterocycles. The summed E-state index contributed by atoms with van der Waals surface area (Å²) in [6.07, 6.45) is 7.05. The van der Waals surface area contributed by atoms with Crippen molar-refractivity contribution in [2.24, 2.45) is 0 Å². The van der Waals surface area contributed by atoms with Crippen LogP contribution in [-0.2, 0) is 13.1 Å². The fourth-order valence-corrected chi connectivity index (χ4v) is 2.96. The van der Waals surface area contributed by atoms with E-state index < -0.39 is 0 Å². The Kier molecular flexibility index (Phi) is 5.17. The molecule has 0 amide bonds. The minimum atomic E-state index is -0.180. The van der Waals surface area contributed by atoms with Crippen LogP contribution in [-0.4, -0.2) is 33.7 Å². The molecule has 1 atom stereocenters. The van der Waals surface area contributed by atoms with Gasteiger partial charge in [-0.15, -0.1) is 0 Å². The molecule has 1 aromatic rings. The van der Waals surface area contributed by atoms with E-state index in [1.165, 1.54) is 29.9 Å². The number of aryl methyl sites for hydroxylation is 1. The Morgan fingerprint density at radius 1 is 1.25 bits per heavy atom. The van der Waals surface area contributed by atoms with Crippen molar-refractivity contribution < 1.29 is 0 Å². The zero-order valence-corrected chi connectivity index (χ0v) is 12.5. The molecule has 0 spiro atoms. The maximum atomic E-state index is 12.2.